The smallest absolute Gasteiger partial charge is 0.194 e. The number of aliphatic hydroxyl groups excluding tert-OH is 2. The summed E-state index contributed by atoms with van der Waals surface area (Å²) in [6, 6.07) is 0. The van der Waals surface area contributed by atoms with Gasteiger partial charge >= 0.3 is 0 Å². The average Bonchev–Trinajstić information content (AvgIpc) is 3.02. The molecule has 2 N–H and O–H groups in total. The van der Waals surface area contributed by atoms with Crippen molar-refractivity contribution < 1.29 is 23.9 Å². The molecule has 0 bridgehead atoms. The Morgan fingerprint density at radius 2 is 1.64 bits per heavy atom. The summed E-state index contributed by atoms with van der Waals surface area (Å²) in [5, 5.41) is 21.3. The van der Waals surface area contributed by atoms with E-state index in [1.165, 1.54) is 19.3 Å². The minimum Gasteiger partial charge on any atom is -0.392 e. The maximum absolute atomic E-state index is 12.3. The molecule has 4 atom stereocenters. The molecule has 0 saturated carbocycles. The Morgan fingerprint density at radius 3 is 2.16 bits per heavy atom. The summed E-state index contributed by atoms with van der Waals surface area (Å²) in [5.74, 6) is -1.36. The highest BCUT2D eigenvalue weighted by molar-refractivity contribution is 7.86. The molecule has 0 aromatic carbocycles. The highest BCUT2D eigenvalue weighted by Crippen LogP contribution is 2.34. The van der Waals surface area contributed by atoms with Crippen LogP contribution in [0.25, 0.3) is 0 Å². The SMILES string of the molecule is CCCCCCCC1([C@H](O)[C@@H](C)[C@H](O)CS(=O)C(C)(C)C)OCCO1. The Bertz CT molecular complexity index is 401. The standard InChI is InChI=1S/C19H38O5S/c1-6-7-8-9-10-11-19(23-12-13-24-19)17(21)15(2)16(20)14-25(22)18(3,4)5/h15-17,20-21H,6-14H2,1-5H3/t15-,16+,17+,25?/m0/s1. The van der Waals surface area contributed by atoms with Crippen LogP contribution in [0, 0.1) is 5.92 Å². The van der Waals surface area contributed by atoms with Gasteiger partial charge in [-0.3, -0.25) is 4.21 Å². The van der Waals surface area contributed by atoms with E-state index in [0.717, 1.165) is 12.8 Å². The maximum Gasteiger partial charge on any atom is 0.194 e. The molecule has 25 heavy (non-hydrogen) atoms. The number of unbranched alkanes of at least 4 members (excludes halogenated alkanes) is 4. The predicted molar refractivity (Wildman–Crippen MR) is 102 cm³/mol. The van der Waals surface area contributed by atoms with Gasteiger partial charge in [0.1, 0.15) is 6.10 Å². The summed E-state index contributed by atoms with van der Waals surface area (Å²) in [4.78, 5) is 0. The fourth-order valence-electron chi connectivity index (χ4n) is 3.08. The second-order valence-corrected chi connectivity index (χ2v) is 10.4. The Balaban J connectivity index is 2.64. The third kappa shape index (κ3) is 6.90. The summed E-state index contributed by atoms with van der Waals surface area (Å²) < 4.78 is 23.5. The molecule has 0 aromatic heterocycles. The number of hydrogen-bond acceptors (Lipinski definition) is 5. The summed E-state index contributed by atoms with van der Waals surface area (Å²) in [5.41, 5.74) is 0. The summed E-state index contributed by atoms with van der Waals surface area (Å²) in [6.45, 7) is 10.5. The number of hydrogen-bond donors (Lipinski definition) is 2. The molecule has 6 heteroatoms. The van der Waals surface area contributed by atoms with Crippen LogP contribution in [0.3, 0.4) is 0 Å². The molecular weight excluding hydrogens is 340 g/mol. The van der Waals surface area contributed by atoms with Gasteiger partial charge in [-0.1, -0.05) is 39.5 Å². The first-order valence-electron chi connectivity index (χ1n) is 9.66. The highest BCUT2D eigenvalue weighted by atomic mass is 32.2. The van der Waals surface area contributed by atoms with Gasteiger partial charge in [-0.2, -0.15) is 0 Å². The van der Waals surface area contributed by atoms with Crippen molar-refractivity contribution in [2.45, 2.75) is 95.9 Å². The number of aliphatic hydroxyl groups is 2. The molecule has 0 spiro atoms. The van der Waals surface area contributed by atoms with Crippen LogP contribution in [0.2, 0.25) is 0 Å². The zero-order valence-corrected chi connectivity index (χ0v) is 17.4. The molecule has 150 valence electrons. The van der Waals surface area contributed by atoms with Crippen molar-refractivity contribution in [3.8, 4) is 0 Å². The minimum absolute atomic E-state index is 0.147. The van der Waals surface area contributed by atoms with Gasteiger partial charge in [0.25, 0.3) is 0 Å². The lowest BCUT2D eigenvalue weighted by atomic mass is 9.89. The molecule has 0 radical (unpaired) electrons. The van der Waals surface area contributed by atoms with Gasteiger partial charge < -0.3 is 19.7 Å². The van der Waals surface area contributed by atoms with Crippen LogP contribution in [0.5, 0.6) is 0 Å². The van der Waals surface area contributed by atoms with Crippen LogP contribution in [0.15, 0.2) is 0 Å². The first-order chi connectivity index (χ1) is 11.6. The maximum atomic E-state index is 12.3. The Labute approximate surface area is 155 Å². The van der Waals surface area contributed by atoms with Gasteiger partial charge in [0, 0.05) is 27.9 Å². The van der Waals surface area contributed by atoms with Crippen molar-refractivity contribution in [2.24, 2.45) is 5.92 Å². The van der Waals surface area contributed by atoms with E-state index in [2.05, 4.69) is 6.92 Å². The van der Waals surface area contributed by atoms with Gasteiger partial charge in [-0.15, -0.1) is 0 Å². The number of ether oxygens (including phenoxy) is 2. The molecule has 1 unspecified atom stereocenters. The summed E-state index contributed by atoms with van der Waals surface area (Å²) in [7, 11) is -1.17. The van der Waals surface area contributed by atoms with E-state index in [-0.39, 0.29) is 10.5 Å². The fraction of sp³-hybridized carbons (Fsp3) is 1.00. The van der Waals surface area contributed by atoms with Crippen molar-refractivity contribution in [1.29, 1.82) is 0 Å². The molecule has 0 aromatic rings. The molecule has 0 aliphatic carbocycles. The monoisotopic (exact) mass is 378 g/mol. The average molecular weight is 379 g/mol. The van der Waals surface area contributed by atoms with Crippen molar-refractivity contribution >= 4 is 10.8 Å². The zero-order valence-electron chi connectivity index (χ0n) is 16.6. The molecule has 0 amide bonds. The molecule has 5 nitrogen and oxygen atoms in total. The van der Waals surface area contributed by atoms with Crippen LogP contribution in [-0.2, 0) is 20.3 Å². The molecule has 1 saturated heterocycles. The third-order valence-electron chi connectivity index (χ3n) is 4.97. The lowest BCUT2D eigenvalue weighted by molar-refractivity contribution is -0.242. The predicted octanol–water partition coefficient (Wildman–Crippen LogP) is 3.00. The van der Waals surface area contributed by atoms with E-state index in [0.29, 0.717) is 19.6 Å². The van der Waals surface area contributed by atoms with Crippen LogP contribution < -0.4 is 0 Å². The Morgan fingerprint density at radius 1 is 1.08 bits per heavy atom. The molecular formula is C19H38O5S. The lowest BCUT2D eigenvalue weighted by Gasteiger charge is -2.37. The van der Waals surface area contributed by atoms with E-state index < -0.39 is 34.7 Å². The van der Waals surface area contributed by atoms with E-state index in [9.17, 15) is 14.4 Å². The first-order valence-corrected chi connectivity index (χ1v) is 11.0. The van der Waals surface area contributed by atoms with Crippen LogP contribution in [-0.4, -0.2) is 56.1 Å². The molecule has 1 heterocycles. The van der Waals surface area contributed by atoms with Crippen LogP contribution in [0.1, 0.15) is 73.1 Å². The summed E-state index contributed by atoms with van der Waals surface area (Å²) >= 11 is 0. The Hall–Kier alpha value is -0.0100. The summed E-state index contributed by atoms with van der Waals surface area (Å²) in [6.07, 6.45) is 4.41. The van der Waals surface area contributed by atoms with Gasteiger partial charge in [-0.05, 0) is 27.2 Å². The van der Waals surface area contributed by atoms with Gasteiger partial charge in [-0.25, -0.2) is 0 Å². The van der Waals surface area contributed by atoms with Gasteiger partial charge in [0.2, 0.25) is 0 Å². The second kappa shape index (κ2) is 10.4. The van der Waals surface area contributed by atoms with Gasteiger partial charge in [0.05, 0.1) is 25.1 Å². The topological polar surface area (TPSA) is 76.0 Å². The van der Waals surface area contributed by atoms with Crippen LogP contribution >= 0.6 is 0 Å². The normalized spacial score (nSPS) is 22.5. The van der Waals surface area contributed by atoms with E-state index in [1.807, 2.05) is 20.8 Å². The van der Waals surface area contributed by atoms with Gasteiger partial charge in [0.15, 0.2) is 5.79 Å². The lowest BCUT2D eigenvalue weighted by Crippen LogP contribution is -2.51. The van der Waals surface area contributed by atoms with Crippen molar-refractivity contribution in [1.82, 2.24) is 0 Å². The molecule has 1 fully saturated rings. The second-order valence-electron chi connectivity index (χ2n) is 8.17. The minimum atomic E-state index is -1.17. The molecule has 1 aliphatic rings. The first kappa shape index (κ1) is 23.0. The molecule has 1 rings (SSSR count). The fourth-order valence-corrected chi connectivity index (χ4v) is 4.19. The van der Waals surface area contributed by atoms with E-state index in [4.69, 9.17) is 9.47 Å². The Kier molecular flexibility index (Phi) is 9.54. The van der Waals surface area contributed by atoms with Crippen molar-refractivity contribution in [3.63, 3.8) is 0 Å². The molecule has 1 aliphatic heterocycles. The number of rotatable bonds is 11. The largest absolute Gasteiger partial charge is 0.392 e. The van der Waals surface area contributed by atoms with Crippen molar-refractivity contribution in [2.75, 3.05) is 19.0 Å². The van der Waals surface area contributed by atoms with E-state index in [1.54, 1.807) is 6.92 Å². The quantitative estimate of drug-likeness (QED) is 0.541. The van der Waals surface area contributed by atoms with Crippen molar-refractivity contribution in [3.05, 3.63) is 0 Å². The zero-order chi connectivity index (χ0) is 19.1. The van der Waals surface area contributed by atoms with E-state index >= 15 is 0 Å². The third-order valence-corrected chi connectivity index (χ3v) is 6.98. The highest BCUT2D eigenvalue weighted by Gasteiger charge is 2.47. The van der Waals surface area contributed by atoms with Crippen LogP contribution in [0.4, 0.5) is 0 Å².